The number of fused-ring (bicyclic) bond motifs is 1. The van der Waals surface area contributed by atoms with Gasteiger partial charge in [-0.25, -0.2) is 4.79 Å². The minimum absolute atomic E-state index is 0.0746. The van der Waals surface area contributed by atoms with Gasteiger partial charge in [0, 0.05) is 31.8 Å². The number of methoxy groups -OCH3 is 1. The van der Waals surface area contributed by atoms with E-state index in [-0.39, 0.29) is 18.2 Å². The number of nitrogens with zero attached hydrogens (tertiary/aromatic N) is 1. The van der Waals surface area contributed by atoms with Gasteiger partial charge in [0.25, 0.3) is 0 Å². The molecule has 0 bridgehead atoms. The normalized spacial score (nSPS) is 17.0. The monoisotopic (exact) mass is 316 g/mol. The molecule has 6 nitrogen and oxygen atoms in total. The third-order valence-corrected chi connectivity index (χ3v) is 3.81. The predicted molar refractivity (Wildman–Crippen MR) is 86.0 cm³/mol. The molecule has 122 valence electrons. The van der Waals surface area contributed by atoms with Crippen LogP contribution in [-0.4, -0.2) is 38.5 Å². The fourth-order valence-corrected chi connectivity index (χ4v) is 2.53. The van der Waals surface area contributed by atoms with Crippen LogP contribution in [0.4, 0.5) is 5.69 Å². The number of carbonyl (C=O) groups excluding carboxylic acids is 3. The van der Waals surface area contributed by atoms with Crippen LogP contribution in [0.1, 0.15) is 24.3 Å². The van der Waals surface area contributed by atoms with Crippen LogP contribution in [-0.2, 0) is 19.1 Å². The van der Waals surface area contributed by atoms with Crippen molar-refractivity contribution in [3.05, 3.63) is 42.0 Å². The Hall–Kier alpha value is -2.63. The molecular formula is C17H20N2O4. The van der Waals surface area contributed by atoms with Crippen LogP contribution in [0, 0.1) is 0 Å². The third-order valence-electron chi connectivity index (χ3n) is 3.81. The Bertz CT molecular complexity index is 639. The zero-order valence-electron chi connectivity index (χ0n) is 13.2. The van der Waals surface area contributed by atoms with Crippen molar-refractivity contribution in [3.63, 3.8) is 0 Å². The Balaban J connectivity index is 1.97. The first-order chi connectivity index (χ1) is 11.0. The highest BCUT2D eigenvalue weighted by Crippen LogP contribution is 2.34. The van der Waals surface area contributed by atoms with Gasteiger partial charge in [0.15, 0.2) is 0 Å². The summed E-state index contributed by atoms with van der Waals surface area (Å²) in [5, 5.41) is 2.81. The maximum atomic E-state index is 12.4. The van der Waals surface area contributed by atoms with Gasteiger partial charge in [0.2, 0.25) is 11.8 Å². The van der Waals surface area contributed by atoms with Crippen LogP contribution < -0.4 is 10.2 Å². The molecule has 1 N–H and O–H groups in total. The molecule has 1 heterocycles. The van der Waals surface area contributed by atoms with Crippen LogP contribution in [0.15, 0.2) is 36.4 Å². The lowest BCUT2D eigenvalue weighted by Crippen LogP contribution is -2.39. The van der Waals surface area contributed by atoms with Gasteiger partial charge in [-0.1, -0.05) is 24.3 Å². The minimum Gasteiger partial charge on any atom is -0.466 e. The fraction of sp³-hybridized carbons (Fsp3) is 0.353. The Labute approximate surface area is 135 Å². The summed E-state index contributed by atoms with van der Waals surface area (Å²) < 4.78 is 4.48. The van der Waals surface area contributed by atoms with E-state index in [4.69, 9.17) is 0 Å². The van der Waals surface area contributed by atoms with E-state index in [1.807, 2.05) is 24.3 Å². The van der Waals surface area contributed by atoms with Crippen molar-refractivity contribution < 1.29 is 19.1 Å². The summed E-state index contributed by atoms with van der Waals surface area (Å²) in [6, 6.07) is 7.42. The number of carbonyl (C=O) groups is 3. The lowest BCUT2D eigenvalue weighted by molar-refractivity contribution is -0.134. The zero-order valence-corrected chi connectivity index (χ0v) is 13.2. The molecule has 2 amide bonds. The first kappa shape index (κ1) is 16.7. The molecule has 1 aromatic carbocycles. The molecule has 23 heavy (non-hydrogen) atoms. The summed E-state index contributed by atoms with van der Waals surface area (Å²) in [5.74, 6) is -1.15. The first-order valence-electron chi connectivity index (χ1n) is 7.42. The van der Waals surface area contributed by atoms with E-state index in [1.54, 1.807) is 18.0 Å². The van der Waals surface area contributed by atoms with Gasteiger partial charge in [-0.05, 0) is 18.1 Å². The number of para-hydroxylation sites is 1. The number of amides is 2. The van der Waals surface area contributed by atoms with Crippen molar-refractivity contribution in [2.24, 2.45) is 0 Å². The topological polar surface area (TPSA) is 75.7 Å². The van der Waals surface area contributed by atoms with E-state index in [2.05, 4.69) is 10.1 Å². The van der Waals surface area contributed by atoms with Crippen molar-refractivity contribution >= 4 is 23.5 Å². The second-order valence-electron chi connectivity index (χ2n) is 5.27. The minimum atomic E-state index is -0.473. The van der Waals surface area contributed by atoms with E-state index >= 15 is 0 Å². The average Bonchev–Trinajstić information content (AvgIpc) is 2.57. The molecular weight excluding hydrogens is 296 g/mol. The molecule has 1 aliphatic heterocycles. The summed E-state index contributed by atoms with van der Waals surface area (Å²) in [5.41, 5.74) is 1.63. The first-order valence-corrected chi connectivity index (χ1v) is 7.42. The highest BCUT2D eigenvalue weighted by atomic mass is 16.5. The smallest absolute Gasteiger partial charge is 0.330 e. The molecule has 1 aromatic rings. The van der Waals surface area contributed by atoms with Gasteiger partial charge < -0.3 is 15.0 Å². The van der Waals surface area contributed by atoms with Crippen molar-refractivity contribution in [3.8, 4) is 0 Å². The van der Waals surface area contributed by atoms with Crippen LogP contribution in [0.25, 0.3) is 0 Å². The highest BCUT2D eigenvalue weighted by molar-refractivity contribution is 6.02. The fourth-order valence-electron chi connectivity index (χ4n) is 2.53. The molecule has 1 aliphatic rings. The van der Waals surface area contributed by atoms with Gasteiger partial charge in [-0.2, -0.15) is 0 Å². The summed E-state index contributed by atoms with van der Waals surface area (Å²) in [7, 11) is 3.02. The SMILES string of the molecule is COC(=O)/C=C/CCNC(=O)C1CC(=O)N(C)c2ccccc21. The molecule has 1 unspecified atom stereocenters. The Morgan fingerprint density at radius 2 is 2.13 bits per heavy atom. The van der Waals surface area contributed by atoms with Gasteiger partial charge in [0.05, 0.1) is 13.0 Å². The van der Waals surface area contributed by atoms with E-state index in [0.717, 1.165) is 11.3 Å². The summed E-state index contributed by atoms with van der Waals surface area (Å²) >= 11 is 0. The summed E-state index contributed by atoms with van der Waals surface area (Å²) in [4.78, 5) is 36.9. The van der Waals surface area contributed by atoms with Gasteiger partial charge >= 0.3 is 5.97 Å². The number of nitrogens with one attached hydrogen (secondary N) is 1. The van der Waals surface area contributed by atoms with Crippen LogP contribution >= 0.6 is 0 Å². The molecule has 0 saturated carbocycles. The molecule has 0 spiro atoms. The van der Waals surface area contributed by atoms with Crippen LogP contribution in [0.3, 0.4) is 0 Å². The molecule has 1 atom stereocenters. The second-order valence-corrected chi connectivity index (χ2v) is 5.27. The quantitative estimate of drug-likeness (QED) is 0.506. The zero-order chi connectivity index (χ0) is 16.8. The summed E-state index contributed by atoms with van der Waals surface area (Å²) in [6.45, 7) is 0.398. The second kappa shape index (κ2) is 7.58. The molecule has 0 radical (unpaired) electrons. The molecule has 0 fully saturated rings. The number of anilines is 1. The lowest BCUT2D eigenvalue weighted by Gasteiger charge is -2.30. The van der Waals surface area contributed by atoms with E-state index in [9.17, 15) is 14.4 Å². The average molecular weight is 316 g/mol. The predicted octanol–water partition coefficient (Wildman–Crippen LogP) is 1.37. The van der Waals surface area contributed by atoms with Crippen LogP contribution in [0.5, 0.6) is 0 Å². The van der Waals surface area contributed by atoms with Gasteiger partial charge in [0.1, 0.15) is 0 Å². The molecule has 0 saturated heterocycles. The van der Waals surface area contributed by atoms with Crippen molar-refractivity contribution in [1.82, 2.24) is 5.32 Å². The number of benzene rings is 1. The number of hydrogen-bond donors (Lipinski definition) is 1. The Morgan fingerprint density at radius 1 is 1.39 bits per heavy atom. The molecule has 6 heteroatoms. The number of esters is 1. The number of ether oxygens (including phenoxy) is 1. The van der Waals surface area contributed by atoms with Gasteiger partial charge in [-0.15, -0.1) is 0 Å². The van der Waals surface area contributed by atoms with E-state index in [0.29, 0.717) is 13.0 Å². The van der Waals surface area contributed by atoms with Gasteiger partial charge in [-0.3, -0.25) is 9.59 Å². The Morgan fingerprint density at radius 3 is 2.87 bits per heavy atom. The standard InChI is InChI=1S/C17H20N2O4/c1-19-14-8-4-3-7-12(14)13(11-15(19)20)17(22)18-10-6-5-9-16(21)23-2/h3-5,7-9,13H,6,10-11H2,1-2H3,(H,18,22)/b9-5+. The number of hydrogen-bond acceptors (Lipinski definition) is 4. The van der Waals surface area contributed by atoms with Crippen molar-refractivity contribution in [1.29, 1.82) is 0 Å². The van der Waals surface area contributed by atoms with Crippen LogP contribution in [0.2, 0.25) is 0 Å². The largest absolute Gasteiger partial charge is 0.466 e. The number of rotatable bonds is 5. The lowest BCUT2D eigenvalue weighted by atomic mass is 9.89. The maximum Gasteiger partial charge on any atom is 0.330 e. The van der Waals surface area contributed by atoms with E-state index < -0.39 is 11.9 Å². The molecule has 0 aliphatic carbocycles. The summed E-state index contributed by atoms with van der Waals surface area (Å²) in [6.07, 6.45) is 3.64. The molecule has 2 rings (SSSR count). The van der Waals surface area contributed by atoms with E-state index in [1.165, 1.54) is 13.2 Å². The van der Waals surface area contributed by atoms with Crippen molar-refractivity contribution in [2.45, 2.75) is 18.8 Å². The highest BCUT2D eigenvalue weighted by Gasteiger charge is 2.33. The maximum absolute atomic E-state index is 12.4. The molecule has 0 aromatic heterocycles. The van der Waals surface area contributed by atoms with Crippen molar-refractivity contribution in [2.75, 3.05) is 25.6 Å². The third kappa shape index (κ3) is 3.97. The Kier molecular flexibility index (Phi) is 5.51.